The molecule has 3 nitrogen and oxygen atoms in total. The van der Waals surface area contributed by atoms with Crippen LogP contribution in [0.2, 0.25) is 0 Å². The predicted octanol–water partition coefficient (Wildman–Crippen LogP) is 2.85. The topological polar surface area (TPSA) is 49.3 Å². The largest absolute Gasteiger partial charge is 0.394 e. The Morgan fingerprint density at radius 2 is 1.57 bits per heavy atom. The highest BCUT2D eigenvalue weighted by atomic mass is 19.2. The molecule has 0 radical (unpaired) electrons. The Kier molecular flexibility index (Phi) is 4.95. The molecule has 1 unspecified atom stereocenters. The molecule has 0 spiro atoms. The second-order valence-electron chi connectivity index (χ2n) is 4.64. The van der Waals surface area contributed by atoms with E-state index in [9.17, 15) is 31.9 Å². The summed E-state index contributed by atoms with van der Waals surface area (Å²) in [5.74, 6) is -7.97. The number of rotatable bonds is 4. The number of aliphatic hydroxyl groups excluding tert-OH is 1. The van der Waals surface area contributed by atoms with Crippen molar-refractivity contribution in [3.05, 3.63) is 70.5 Å². The van der Waals surface area contributed by atoms with Crippen LogP contribution in [-0.2, 0) is 0 Å². The first kappa shape index (κ1) is 16.9. The summed E-state index contributed by atoms with van der Waals surface area (Å²) in [6, 6.07) is 2.32. The van der Waals surface area contributed by atoms with E-state index in [-0.39, 0.29) is 11.1 Å². The van der Waals surface area contributed by atoms with E-state index in [0.29, 0.717) is 18.2 Å². The lowest BCUT2D eigenvalue weighted by molar-refractivity contribution is 0.0915. The van der Waals surface area contributed by atoms with Crippen LogP contribution in [0.5, 0.6) is 0 Å². The Morgan fingerprint density at radius 1 is 0.957 bits per heavy atom. The van der Waals surface area contributed by atoms with Gasteiger partial charge in [-0.05, 0) is 35.9 Å². The highest BCUT2D eigenvalue weighted by Crippen LogP contribution is 2.20. The van der Waals surface area contributed by atoms with E-state index in [1.54, 1.807) is 0 Å². The van der Waals surface area contributed by atoms with E-state index in [1.807, 2.05) is 0 Å². The number of hydrogen-bond acceptors (Lipinski definition) is 2. The van der Waals surface area contributed by atoms with E-state index in [4.69, 9.17) is 0 Å². The van der Waals surface area contributed by atoms with Crippen LogP contribution >= 0.6 is 0 Å². The normalized spacial score (nSPS) is 12.1. The molecule has 23 heavy (non-hydrogen) atoms. The molecule has 0 aliphatic heterocycles. The van der Waals surface area contributed by atoms with Crippen LogP contribution < -0.4 is 5.32 Å². The van der Waals surface area contributed by atoms with Crippen molar-refractivity contribution in [2.45, 2.75) is 6.04 Å². The van der Waals surface area contributed by atoms with E-state index < -0.39 is 47.6 Å². The minimum Gasteiger partial charge on any atom is -0.394 e. The van der Waals surface area contributed by atoms with Gasteiger partial charge in [-0.25, -0.2) is 22.0 Å². The molecule has 0 saturated carbocycles. The van der Waals surface area contributed by atoms with Gasteiger partial charge in [-0.1, -0.05) is 0 Å². The lowest BCUT2D eigenvalue weighted by Crippen LogP contribution is -2.31. The van der Waals surface area contributed by atoms with E-state index in [1.165, 1.54) is 0 Å². The molecule has 1 amide bonds. The fourth-order valence-corrected chi connectivity index (χ4v) is 1.89. The van der Waals surface area contributed by atoms with Gasteiger partial charge in [0.15, 0.2) is 29.1 Å². The van der Waals surface area contributed by atoms with Crippen LogP contribution in [0, 0.1) is 29.1 Å². The lowest BCUT2D eigenvalue weighted by Gasteiger charge is -2.17. The number of carbonyl (C=O) groups excluding carboxylic acids is 1. The Morgan fingerprint density at radius 3 is 2.09 bits per heavy atom. The maximum atomic E-state index is 13.2. The van der Waals surface area contributed by atoms with Gasteiger partial charge >= 0.3 is 0 Å². The Labute approximate surface area is 127 Å². The molecule has 0 aromatic heterocycles. The highest BCUT2D eigenvalue weighted by Gasteiger charge is 2.20. The maximum absolute atomic E-state index is 13.2. The number of hydrogen-bond donors (Lipinski definition) is 2. The van der Waals surface area contributed by atoms with Crippen molar-refractivity contribution in [1.82, 2.24) is 5.32 Å². The fourth-order valence-electron chi connectivity index (χ4n) is 1.89. The predicted molar refractivity (Wildman–Crippen MR) is 70.0 cm³/mol. The number of halogens is 5. The monoisotopic (exact) mass is 331 g/mol. The first-order valence-electron chi connectivity index (χ1n) is 6.34. The summed E-state index contributed by atoms with van der Waals surface area (Å²) in [4.78, 5) is 11.9. The molecule has 2 rings (SSSR count). The summed E-state index contributed by atoms with van der Waals surface area (Å²) in [5.41, 5.74) is -0.481. The van der Waals surface area contributed by atoms with Crippen LogP contribution in [0.1, 0.15) is 22.0 Å². The van der Waals surface area contributed by atoms with Crippen molar-refractivity contribution in [3.8, 4) is 0 Å². The fraction of sp³-hybridized carbons (Fsp3) is 0.133. The zero-order valence-electron chi connectivity index (χ0n) is 11.4. The van der Waals surface area contributed by atoms with Crippen LogP contribution in [0.15, 0.2) is 30.3 Å². The number of amides is 1. The molecule has 0 aliphatic rings. The lowest BCUT2D eigenvalue weighted by atomic mass is 10.1. The molecule has 0 fully saturated rings. The summed E-state index contributed by atoms with van der Waals surface area (Å²) < 4.78 is 65.2. The van der Waals surface area contributed by atoms with E-state index >= 15 is 0 Å². The molecule has 0 aliphatic carbocycles. The Hall–Kier alpha value is -2.48. The van der Waals surface area contributed by atoms with Gasteiger partial charge in [0.1, 0.15) is 0 Å². The van der Waals surface area contributed by atoms with Gasteiger partial charge < -0.3 is 10.4 Å². The van der Waals surface area contributed by atoms with Crippen molar-refractivity contribution in [1.29, 1.82) is 0 Å². The third-order valence-corrected chi connectivity index (χ3v) is 3.08. The quantitative estimate of drug-likeness (QED) is 0.669. The second kappa shape index (κ2) is 6.74. The van der Waals surface area contributed by atoms with Gasteiger partial charge in [-0.15, -0.1) is 0 Å². The molecule has 0 saturated heterocycles. The van der Waals surface area contributed by atoms with Crippen molar-refractivity contribution >= 4 is 5.91 Å². The van der Waals surface area contributed by atoms with Gasteiger partial charge in [0.25, 0.3) is 5.91 Å². The molecular weight excluding hydrogens is 321 g/mol. The maximum Gasteiger partial charge on any atom is 0.251 e. The summed E-state index contributed by atoms with van der Waals surface area (Å²) in [6.07, 6.45) is 0. The second-order valence-corrected chi connectivity index (χ2v) is 4.64. The minimum atomic E-state index is -1.68. The van der Waals surface area contributed by atoms with Gasteiger partial charge in [-0.2, -0.15) is 0 Å². The highest BCUT2D eigenvalue weighted by molar-refractivity contribution is 5.94. The van der Waals surface area contributed by atoms with Crippen LogP contribution in [-0.4, -0.2) is 17.6 Å². The molecule has 8 heteroatoms. The van der Waals surface area contributed by atoms with Gasteiger partial charge in [0.2, 0.25) is 0 Å². The van der Waals surface area contributed by atoms with Crippen molar-refractivity contribution in [2.75, 3.05) is 6.61 Å². The average Bonchev–Trinajstić information content (AvgIpc) is 2.52. The molecule has 122 valence electrons. The molecule has 1 atom stereocenters. The first-order valence-corrected chi connectivity index (χ1v) is 6.34. The number of carbonyl (C=O) groups is 1. The average molecular weight is 331 g/mol. The molecule has 2 N–H and O–H groups in total. The number of nitrogens with one attached hydrogen (secondary N) is 1. The molecular formula is C15H10F5NO2. The first-order chi connectivity index (χ1) is 10.8. The van der Waals surface area contributed by atoms with Crippen molar-refractivity contribution in [2.24, 2.45) is 0 Å². The van der Waals surface area contributed by atoms with Gasteiger partial charge in [0.05, 0.1) is 12.6 Å². The summed E-state index contributed by atoms with van der Waals surface area (Å²) in [7, 11) is 0. The Balaban J connectivity index is 2.25. The van der Waals surface area contributed by atoms with Crippen LogP contribution in [0.25, 0.3) is 0 Å². The van der Waals surface area contributed by atoms with E-state index in [0.717, 1.165) is 12.1 Å². The smallest absolute Gasteiger partial charge is 0.251 e. The number of benzene rings is 2. The van der Waals surface area contributed by atoms with Crippen LogP contribution in [0.4, 0.5) is 22.0 Å². The van der Waals surface area contributed by atoms with Crippen LogP contribution in [0.3, 0.4) is 0 Å². The van der Waals surface area contributed by atoms with Crippen molar-refractivity contribution < 1.29 is 31.9 Å². The summed E-state index contributed by atoms with van der Waals surface area (Å²) in [6.45, 7) is -0.750. The summed E-state index contributed by atoms with van der Waals surface area (Å²) >= 11 is 0. The molecule has 2 aromatic carbocycles. The SMILES string of the molecule is O=C(NC(CO)c1cc(F)c(F)c(F)c1)c1ccc(F)c(F)c1. The Bertz CT molecular complexity index is 728. The minimum absolute atomic E-state index is 0.222. The zero-order chi connectivity index (χ0) is 17.1. The third kappa shape index (κ3) is 3.65. The van der Waals surface area contributed by atoms with Gasteiger partial charge in [0, 0.05) is 5.56 Å². The standard InChI is InChI=1S/C15H10F5NO2/c16-9-2-1-7(3-10(9)17)15(23)21-13(6-22)8-4-11(18)14(20)12(19)5-8/h1-5,13,22H,6H2,(H,21,23). The zero-order valence-corrected chi connectivity index (χ0v) is 11.4. The van der Waals surface area contributed by atoms with Crippen molar-refractivity contribution in [3.63, 3.8) is 0 Å². The molecule has 0 bridgehead atoms. The third-order valence-electron chi connectivity index (χ3n) is 3.08. The van der Waals surface area contributed by atoms with E-state index in [2.05, 4.69) is 5.32 Å². The molecule has 0 heterocycles. The molecule has 2 aromatic rings. The van der Waals surface area contributed by atoms with Gasteiger partial charge in [-0.3, -0.25) is 4.79 Å². The summed E-state index contributed by atoms with van der Waals surface area (Å²) in [5, 5.41) is 11.4. The number of aliphatic hydroxyl groups is 1.